The van der Waals surface area contributed by atoms with Gasteiger partial charge in [-0.1, -0.05) is 11.6 Å². The molecule has 0 saturated heterocycles. The molecule has 1 heterocycles. The van der Waals surface area contributed by atoms with Crippen molar-refractivity contribution in [3.63, 3.8) is 0 Å². The van der Waals surface area contributed by atoms with Crippen LogP contribution in [0.2, 0.25) is 5.02 Å². The second-order valence-corrected chi connectivity index (χ2v) is 4.20. The number of halogens is 4. The minimum absolute atomic E-state index is 0.0375. The van der Waals surface area contributed by atoms with Crippen molar-refractivity contribution in [3.8, 4) is 11.5 Å². The number of ether oxygens (including phenoxy) is 3. The molecule has 4 nitrogen and oxygen atoms in total. The molecule has 0 spiro atoms. The second kappa shape index (κ2) is 5.62. The maximum absolute atomic E-state index is 11.8. The van der Waals surface area contributed by atoms with Gasteiger partial charge in [0.15, 0.2) is 18.1 Å². The van der Waals surface area contributed by atoms with Crippen LogP contribution in [0.15, 0.2) is 18.2 Å². The predicted molar refractivity (Wildman–Crippen MR) is 63.6 cm³/mol. The topological polar surface area (TPSA) is 44.8 Å². The molecule has 0 saturated carbocycles. The van der Waals surface area contributed by atoms with E-state index < -0.39 is 18.8 Å². The zero-order valence-corrected chi connectivity index (χ0v) is 10.6. The van der Waals surface area contributed by atoms with Crippen molar-refractivity contribution in [2.45, 2.75) is 6.18 Å². The van der Waals surface area contributed by atoms with Gasteiger partial charge in [0.1, 0.15) is 0 Å². The molecule has 0 atom stereocenters. The fraction of sp³-hybridized carbons (Fsp3) is 0.250. The van der Waals surface area contributed by atoms with Crippen LogP contribution in [0.3, 0.4) is 0 Å². The number of carbonyl (C=O) groups excluding carboxylic acids is 1. The maximum atomic E-state index is 11.8. The highest BCUT2D eigenvalue weighted by Crippen LogP contribution is 2.40. The summed E-state index contributed by atoms with van der Waals surface area (Å²) in [5.74, 6) is -0.305. The Labute approximate surface area is 116 Å². The first-order valence-electron chi connectivity index (χ1n) is 5.36. The van der Waals surface area contributed by atoms with Crippen LogP contribution >= 0.6 is 11.6 Å². The van der Waals surface area contributed by atoms with E-state index in [1.165, 1.54) is 12.1 Å². The highest BCUT2D eigenvalue weighted by molar-refractivity contribution is 6.32. The number of benzene rings is 1. The highest BCUT2D eigenvalue weighted by atomic mass is 35.5. The zero-order valence-electron chi connectivity index (χ0n) is 9.87. The molecule has 1 aromatic rings. The Hall–Kier alpha value is -1.89. The average molecular weight is 309 g/mol. The van der Waals surface area contributed by atoms with Gasteiger partial charge in [0.25, 0.3) is 0 Å². The van der Waals surface area contributed by atoms with Gasteiger partial charge in [0, 0.05) is 6.08 Å². The number of alkyl halides is 3. The first-order chi connectivity index (χ1) is 9.35. The normalized spacial score (nSPS) is 13.8. The minimum atomic E-state index is -4.55. The van der Waals surface area contributed by atoms with Crippen LogP contribution in [0.4, 0.5) is 13.2 Å². The lowest BCUT2D eigenvalue weighted by atomic mass is 10.2. The van der Waals surface area contributed by atoms with E-state index in [1.807, 2.05) is 0 Å². The maximum Gasteiger partial charge on any atom is 0.422 e. The summed E-state index contributed by atoms with van der Waals surface area (Å²) in [4.78, 5) is 11.1. The molecule has 0 bridgehead atoms. The van der Waals surface area contributed by atoms with Crippen molar-refractivity contribution in [1.82, 2.24) is 0 Å². The fourth-order valence-corrected chi connectivity index (χ4v) is 1.72. The van der Waals surface area contributed by atoms with Gasteiger partial charge in [-0.2, -0.15) is 13.2 Å². The predicted octanol–water partition coefficient (Wildman–Crippen LogP) is 3.19. The minimum Gasteiger partial charge on any atom is -0.454 e. The first-order valence-corrected chi connectivity index (χ1v) is 5.74. The molecule has 0 fully saturated rings. The third kappa shape index (κ3) is 3.80. The number of carbonyl (C=O) groups is 1. The van der Waals surface area contributed by atoms with Gasteiger partial charge in [-0.15, -0.1) is 0 Å². The molecule has 0 aliphatic carbocycles. The van der Waals surface area contributed by atoms with Crippen molar-refractivity contribution in [3.05, 3.63) is 28.8 Å². The van der Waals surface area contributed by atoms with Gasteiger partial charge >= 0.3 is 12.1 Å². The summed E-state index contributed by atoms with van der Waals surface area (Å²) in [6, 6.07) is 3.03. The Balaban J connectivity index is 2.01. The van der Waals surface area contributed by atoms with E-state index >= 15 is 0 Å². The number of fused-ring (bicyclic) bond motifs is 1. The molecule has 1 aliphatic heterocycles. The summed E-state index contributed by atoms with van der Waals surface area (Å²) in [5.41, 5.74) is 0.475. The van der Waals surface area contributed by atoms with Crippen LogP contribution in [0, 0.1) is 0 Å². The molecule has 1 aliphatic rings. The Morgan fingerprint density at radius 1 is 1.40 bits per heavy atom. The summed E-state index contributed by atoms with van der Waals surface area (Å²) in [6.45, 7) is -1.59. The van der Waals surface area contributed by atoms with Crippen LogP contribution in [0.5, 0.6) is 11.5 Å². The number of hydrogen-bond acceptors (Lipinski definition) is 4. The number of hydrogen-bond donors (Lipinski definition) is 0. The van der Waals surface area contributed by atoms with Crippen molar-refractivity contribution >= 4 is 23.6 Å². The van der Waals surface area contributed by atoms with E-state index in [2.05, 4.69) is 4.74 Å². The SMILES string of the molecule is O=C(/C=C/c1cc(Cl)c2c(c1)OCO2)OCC(F)(F)F. The Morgan fingerprint density at radius 3 is 2.85 bits per heavy atom. The van der Waals surface area contributed by atoms with Gasteiger partial charge in [-0.25, -0.2) is 4.79 Å². The third-order valence-electron chi connectivity index (χ3n) is 2.24. The van der Waals surface area contributed by atoms with Crippen molar-refractivity contribution in [1.29, 1.82) is 0 Å². The molecule has 0 radical (unpaired) electrons. The first kappa shape index (κ1) is 14.5. The molecule has 20 heavy (non-hydrogen) atoms. The Bertz CT molecular complexity index is 554. The van der Waals surface area contributed by atoms with Crippen LogP contribution in [0.1, 0.15) is 5.56 Å². The molecule has 0 amide bonds. The lowest BCUT2D eigenvalue weighted by Gasteiger charge is -2.05. The highest BCUT2D eigenvalue weighted by Gasteiger charge is 2.29. The lowest BCUT2D eigenvalue weighted by molar-refractivity contribution is -0.182. The molecule has 8 heteroatoms. The summed E-state index contributed by atoms with van der Waals surface area (Å²) >= 11 is 5.91. The number of rotatable bonds is 3. The van der Waals surface area contributed by atoms with E-state index in [0.717, 1.165) is 6.08 Å². The zero-order chi connectivity index (χ0) is 14.8. The lowest BCUT2D eigenvalue weighted by Crippen LogP contribution is -2.19. The van der Waals surface area contributed by atoms with Crippen LogP contribution in [-0.4, -0.2) is 25.5 Å². The molecular formula is C12H8ClF3O4. The fourth-order valence-electron chi connectivity index (χ4n) is 1.45. The molecule has 0 aromatic heterocycles. The van der Waals surface area contributed by atoms with Crippen LogP contribution in [0.25, 0.3) is 6.08 Å². The second-order valence-electron chi connectivity index (χ2n) is 3.79. The van der Waals surface area contributed by atoms with Crippen molar-refractivity contribution < 1.29 is 32.2 Å². The van der Waals surface area contributed by atoms with E-state index in [0.29, 0.717) is 17.1 Å². The molecule has 2 rings (SSSR count). The van der Waals surface area contributed by atoms with Gasteiger partial charge in [0.2, 0.25) is 6.79 Å². The van der Waals surface area contributed by atoms with Crippen molar-refractivity contribution in [2.75, 3.05) is 13.4 Å². The number of esters is 1. The van der Waals surface area contributed by atoms with Gasteiger partial charge in [-0.3, -0.25) is 0 Å². The molecule has 0 unspecified atom stereocenters. The van der Waals surface area contributed by atoms with E-state index in [4.69, 9.17) is 21.1 Å². The summed E-state index contributed by atoms with van der Waals surface area (Å²) in [5, 5.41) is 0.281. The van der Waals surface area contributed by atoms with Gasteiger partial charge in [0.05, 0.1) is 5.02 Å². The van der Waals surface area contributed by atoms with Gasteiger partial charge in [-0.05, 0) is 23.8 Å². The summed E-state index contributed by atoms with van der Waals surface area (Å²) < 4.78 is 49.7. The van der Waals surface area contributed by atoms with E-state index in [9.17, 15) is 18.0 Å². The molecule has 108 valence electrons. The smallest absolute Gasteiger partial charge is 0.422 e. The molecule has 1 aromatic carbocycles. The van der Waals surface area contributed by atoms with Crippen LogP contribution in [-0.2, 0) is 9.53 Å². The van der Waals surface area contributed by atoms with Crippen LogP contribution < -0.4 is 9.47 Å². The Kier molecular flexibility index (Phi) is 4.08. The standard InChI is InChI=1S/C12H8ClF3O4/c13-8-3-7(4-9-11(8)20-6-19-9)1-2-10(17)18-5-12(14,15)16/h1-4H,5-6H2/b2-1+. The van der Waals surface area contributed by atoms with Gasteiger partial charge < -0.3 is 14.2 Å². The molecular weight excluding hydrogens is 301 g/mol. The average Bonchev–Trinajstić information content (AvgIpc) is 2.81. The largest absolute Gasteiger partial charge is 0.454 e. The Morgan fingerprint density at radius 2 is 2.15 bits per heavy atom. The summed E-state index contributed by atoms with van der Waals surface area (Å²) in [6.07, 6.45) is -2.41. The molecule has 0 N–H and O–H groups in total. The quantitative estimate of drug-likeness (QED) is 0.635. The summed E-state index contributed by atoms with van der Waals surface area (Å²) in [7, 11) is 0. The van der Waals surface area contributed by atoms with Crippen molar-refractivity contribution in [2.24, 2.45) is 0 Å². The van der Waals surface area contributed by atoms with E-state index in [-0.39, 0.29) is 11.8 Å². The third-order valence-corrected chi connectivity index (χ3v) is 2.52. The van der Waals surface area contributed by atoms with E-state index in [1.54, 1.807) is 6.07 Å². The monoisotopic (exact) mass is 308 g/mol.